The Kier molecular flexibility index (Phi) is 3.89. The van der Waals surface area contributed by atoms with E-state index in [4.69, 9.17) is 5.73 Å². The number of rotatable bonds is 2. The van der Waals surface area contributed by atoms with Crippen LogP contribution in [0.1, 0.15) is 5.69 Å². The highest BCUT2D eigenvalue weighted by atomic mass is 79.9. The molecule has 1 aromatic heterocycles. The van der Waals surface area contributed by atoms with Crippen LogP contribution in [-0.2, 0) is 6.18 Å². The number of hydrogen-bond donors (Lipinski definition) is 1. The summed E-state index contributed by atoms with van der Waals surface area (Å²) in [5.74, 6) is -0.0501. The second-order valence-electron chi connectivity index (χ2n) is 4.86. The van der Waals surface area contributed by atoms with Crippen molar-refractivity contribution in [2.24, 2.45) is 0 Å². The molecular formula is C16H11BrF3N3. The molecule has 2 aromatic carbocycles. The minimum atomic E-state index is -4.60. The summed E-state index contributed by atoms with van der Waals surface area (Å²) in [5, 5.41) is 3.71. The van der Waals surface area contributed by atoms with Gasteiger partial charge in [-0.1, -0.05) is 46.3 Å². The molecule has 0 spiro atoms. The number of nitrogens with zero attached hydrogens (tertiary/aromatic N) is 2. The normalized spacial score (nSPS) is 11.7. The Balaban J connectivity index is 2.25. The number of para-hydroxylation sites is 1. The zero-order valence-electron chi connectivity index (χ0n) is 11.7. The number of aromatic nitrogens is 2. The number of nitrogens with two attached hydrogens (primary N) is 1. The molecular weight excluding hydrogens is 371 g/mol. The van der Waals surface area contributed by atoms with Gasteiger partial charge in [-0.25, -0.2) is 4.68 Å². The summed E-state index contributed by atoms with van der Waals surface area (Å²) in [5.41, 5.74) is 5.71. The summed E-state index contributed by atoms with van der Waals surface area (Å²) >= 11 is 3.26. The maximum atomic E-state index is 13.4. The van der Waals surface area contributed by atoms with Crippen LogP contribution in [0.3, 0.4) is 0 Å². The van der Waals surface area contributed by atoms with Gasteiger partial charge >= 0.3 is 6.18 Å². The first-order chi connectivity index (χ1) is 10.9. The average Bonchev–Trinajstić information content (AvgIpc) is 2.87. The monoisotopic (exact) mass is 381 g/mol. The van der Waals surface area contributed by atoms with Gasteiger partial charge in [0.2, 0.25) is 0 Å². The molecule has 0 unspecified atom stereocenters. The largest absolute Gasteiger partial charge is 0.435 e. The highest BCUT2D eigenvalue weighted by molar-refractivity contribution is 9.10. The molecule has 0 saturated carbocycles. The second-order valence-corrected chi connectivity index (χ2v) is 5.78. The quantitative estimate of drug-likeness (QED) is 0.685. The summed E-state index contributed by atoms with van der Waals surface area (Å²) in [6.45, 7) is 0. The minimum Gasteiger partial charge on any atom is -0.383 e. The fourth-order valence-electron chi connectivity index (χ4n) is 2.30. The van der Waals surface area contributed by atoms with Crippen molar-refractivity contribution in [3.05, 3.63) is 64.8 Å². The summed E-state index contributed by atoms with van der Waals surface area (Å²) in [4.78, 5) is 0. The molecule has 1 heterocycles. The van der Waals surface area contributed by atoms with Gasteiger partial charge in [-0.15, -0.1) is 0 Å². The van der Waals surface area contributed by atoms with Gasteiger partial charge in [0.05, 0.1) is 11.3 Å². The van der Waals surface area contributed by atoms with Gasteiger partial charge in [-0.05, 0) is 29.8 Å². The zero-order valence-corrected chi connectivity index (χ0v) is 13.3. The number of hydrogen-bond acceptors (Lipinski definition) is 2. The fourth-order valence-corrected chi connectivity index (χ4v) is 2.56. The smallest absolute Gasteiger partial charge is 0.383 e. The highest BCUT2D eigenvalue weighted by Gasteiger charge is 2.39. The third-order valence-electron chi connectivity index (χ3n) is 3.32. The predicted octanol–water partition coefficient (Wildman–Crippen LogP) is 4.90. The number of anilines is 1. The van der Waals surface area contributed by atoms with E-state index in [9.17, 15) is 13.2 Å². The van der Waals surface area contributed by atoms with Gasteiger partial charge in [-0.2, -0.15) is 18.3 Å². The van der Waals surface area contributed by atoms with Gasteiger partial charge < -0.3 is 5.73 Å². The average molecular weight is 382 g/mol. The lowest BCUT2D eigenvalue weighted by Gasteiger charge is -2.07. The van der Waals surface area contributed by atoms with Crippen LogP contribution < -0.4 is 5.73 Å². The van der Waals surface area contributed by atoms with E-state index in [-0.39, 0.29) is 11.4 Å². The van der Waals surface area contributed by atoms with E-state index in [1.54, 1.807) is 54.6 Å². The van der Waals surface area contributed by atoms with Gasteiger partial charge in [0.15, 0.2) is 5.69 Å². The molecule has 7 heteroatoms. The number of halogens is 4. The van der Waals surface area contributed by atoms with Gasteiger partial charge in [0, 0.05) is 4.47 Å². The van der Waals surface area contributed by atoms with Crippen LogP contribution in [0.5, 0.6) is 0 Å². The molecule has 0 aliphatic rings. The molecule has 0 bridgehead atoms. The standard InChI is InChI=1S/C16H11BrF3N3/c17-11-8-6-10(7-9-11)13-14(16(18,19)20)22-23(15(13)21)12-4-2-1-3-5-12/h1-9H,21H2. The van der Waals surface area contributed by atoms with E-state index in [2.05, 4.69) is 21.0 Å². The van der Waals surface area contributed by atoms with Crippen LogP contribution in [0, 0.1) is 0 Å². The van der Waals surface area contributed by atoms with Gasteiger partial charge in [-0.3, -0.25) is 0 Å². The van der Waals surface area contributed by atoms with Gasteiger partial charge in [0.1, 0.15) is 5.82 Å². The number of nitrogen functional groups attached to an aromatic ring is 1. The van der Waals surface area contributed by atoms with Crippen molar-refractivity contribution < 1.29 is 13.2 Å². The summed E-state index contributed by atoms with van der Waals surface area (Å²) < 4.78 is 42.0. The molecule has 0 saturated heterocycles. The number of alkyl halides is 3. The van der Waals surface area contributed by atoms with Crippen LogP contribution in [0.4, 0.5) is 19.0 Å². The molecule has 3 aromatic rings. The van der Waals surface area contributed by atoms with Crippen molar-refractivity contribution in [2.75, 3.05) is 5.73 Å². The van der Waals surface area contributed by atoms with Crippen molar-refractivity contribution in [3.63, 3.8) is 0 Å². The minimum absolute atomic E-state index is 0.0501. The Morgan fingerprint density at radius 3 is 2.13 bits per heavy atom. The Morgan fingerprint density at radius 1 is 0.957 bits per heavy atom. The van der Waals surface area contributed by atoms with E-state index < -0.39 is 11.9 Å². The van der Waals surface area contributed by atoms with Crippen LogP contribution >= 0.6 is 15.9 Å². The van der Waals surface area contributed by atoms with E-state index in [0.717, 1.165) is 9.15 Å². The van der Waals surface area contributed by atoms with E-state index in [0.29, 0.717) is 11.3 Å². The third-order valence-corrected chi connectivity index (χ3v) is 3.85. The molecule has 3 rings (SSSR count). The second kappa shape index (κ2) is 5.73. The molecule has 0 atom stereocenters. The van der Waals surface area contributed by atoms with Crippen LogP contribution in [0.15, 0.2) is 59.1 Å². The maximum absolute atomic E-state index is 13.4. The topological polar surface area (TPSA) is 43.8 Å². The molecule has 0 fully saturated rings. The third kappa shape index (κ3) is 2.96. The molecule has 3 nitrogen and oxygen atoms in total. The SMILES string of the molecule is Nc1c(-c2ccc(Br)cc2)c(C(F)(F)F)nn1-c1ccccc1. The predicted molar refractivity (Wildman–Crippen MR) is 86.1 cm³/mol. The molecule has 0 radical (unpaired) electrons. The number of benzene rings is 2. The Hall–Kier alpha value is -2.28. The Bertz CT molecular complexity index is 824. The van der Waals surface area contributed by atoms with Crippen molar-refractivity contribution in [2.45, 2.75) is 6.18 Å². The van der Waals surface area contributed by atoms with E-state index >= 15 is 0 Å². The van der Waals surface area contributed by atoms with Crippen molar-refractivity contribution in [1.82, 2.24) is 9.78 Å². The van der Waals surface area contributed by atoms with Crippen molar-refractivity contribution >= 4 is 21.7 Å². The first kappa shape index (κ1) is 15.6. The van der Waals surface area contributed by atoms with E-state index in [1.165, 1.54) is 0 Å². The Morgan fingerprint density at radius 2 is 1.57 bits per heavy atom. The lowest BCUT2D eigenvalue weighted by molar-refractivity contribution is -0.140. The summed E-state index contributed by atoms with van der Waals surface area (Å²) in [6.07, 6.45) is -4.60. The van der Waals surface area contributed by atoms with Crippen LogP contribution in [-0.4, -0.2) is 9.78 Å². The Labute approximate surface area is 138 Å². The van der Waals surface area contributed by atoms with Crippen LogP contribution in [0.2, 0.25) is 0 Å². The zero-order chi connectivity index (χ0) is 16.6. The molecule has 118 valence electrons. The molecule has 2 N–H and O–H groups in total. The first-order valence-corrected chi connectivity index (χ1v) is 7.44. The summed E-state index contributed by atoms with van der Waals surface area (Å²) in [7, 11) is 0. The van der Waals surface area contributed by atoms with Crippen LogP contribution in [0.25, 0.3) is 16.8 Å². The molecule has 0 aliphatic carbocycles. The lowest BCUT2D eigenvalue weighted by atomic mass is 10.1. The highest BCUT2D eigenvalue weighted by Crippen LogP contribution is 2.40. The summed E-state index contributed by atoms with van der Waals surface area (Å²) in [6, 6.07) is 15.0. The van der Waals surface area contributed by atoms with Gasteiger partial charge in [0.25, 0.3) is 0 Å². The van der Waals surface area contributed by atoms with Crippen molar-refractivity contribution in [3.8, 4) is 16.8 Å². The first-order valence-electron chi connectivity index (χ1n) is 6.65. The maximum Gasteiger partial charge on any atom is 0.435 e. The molecule has 0 aliphatic heterocycles. The fraction of sp³-hybridized carbons (Fsp3) is 0.0625. The molecule has 23 heavy (non-hydrogen) atoms. The lowest BCUT2D eigenvalue weighted by Crippen LogP contribution is -2.08. The molecule has 0 amide bonds. The van der Waals surface area contributed by atoms with E-state index in [1.807, 2.05) is 0 Å². The van der Waals surface area contributed by atoms with Crippen molar-refractivity contribution in [1.29, 1.82) is 0 Å².